The molecule has 2 atom stereocenters. The summed E-state index contributed by atoms with van der Waals surface area (Å²) in [4.78, 5) is 2.56. The summed E-state index contributed by atoms with van der Waals surface area (Å²) in [6.07, 6.45) is 3.27. The highest BCUT2D eigenvalue weighted by atomic mass is 15.2. The zero-order valence-corrected chi connectivity index (χ0v) is 8.00. The SMILES string of the molecule is N#CCC1CCC2CNCCN2C1. The monoisotopic (exact) mass is 179 g/mol. The molecule has 3 nitrogen and oxygen atoms in total. The van der Waals surface area contributed by atoms with Crippen LogP contribution in [0.4, 0.5) is 0 Å². The van der Waals surface area contributed by atoms with Gasteiger partial charge in [0.15, 0.2) is 0 Å². The quantitative estimate of drug-likeness (QED) is 0.640. The Hall–Kier alpha value is -0.590. The molecule has 0 spiro atoms. The van der Waals surface area contributed by atoms with Crippen LogP contribution >= 0.6 is 0 Å². The Bertz CT molecular complexity index is 209. The van der Waals surface area contributed by atoms with E-state index in [1.165, 1.54) is 19.4 Å². The molecule has 2 heterocycles. The number of piperazine rings is 1. The Kier molecular flexibility index (Phi) is 2.82. The maximum absolute atomic E-state index is 8.63. The van der Waals surface area contributed by atoms with E-state index in [1.54, 1.807) is 0 Å². The van der Waals surface area contributed by atoms with Crippen molar-refractivity contribution in [1.29, 1.82) is 5.26 Å². The Labute approximate surface area is 79.7 Å². The van der Waals surface area contributed by atoms with Gasteiger partial charge in [-0.25, -0.2) is 0 Å². The van der Waals surface area contributed by atoms with Crippen LogP contribution in [0.5, 0.6) is 0 Å². The van der Waals surface area contributed by atoms with Crippen molar-refractivity contribution in [3.8, 4) is 6.07 Å². The van der Waals surface area contributed by atoms with Crippen molar-refractivity contribution in [3.05, 3.63) is 0 Å². The van der Waals surface area contributed by atoms with Gasteiger partial charge in [-0.05, 0) is 18.8 Å². The van der Waals surface area contributed by atoms with E-state index < -0.39 is 0 Å². The number of nitrogens with zero attached hydrogens (tertiary/aromatic N) is 2. The van der Waals surface area contributed by atoms with E-state index in [-0.39, 0.29) is 0 Å². The first-order valence-corrected chi connectivity index (χ1v) is 5.22. The smallest absolute Gasteiger partial charge is 0.0625 e. The van der Waals surface area contributed by atoms with Gasteiger partial charge >= 0.3 is 0 Å². The fourth-order valence-electron chi connectivity index (χ4n) is 2.47. The molecule has 2 fully saturated rings. The molecule has 13 heavy (non-hydrogen) atoms. The standard InChI is InChI=1S/C10H17N3/c11-4-3-9-1-2-10-7-12-5-6-13(10)8-9/h9-10,12H,1-3,5-8H2. The van der Waals surface area contributed by atoms with Gasteiger partial charge in [0.05, 0.1) is 6.07 Å². The maximum Gasteiger partial charge on any atom is 0.0625 e. The molecule has 2 aliphatic rings. The zero-order valence-electron chi connectivity index (χ0n) is 8.00. The van der Waals surface area contributed by atoms with Crippen molar-refractivity contribution in [2.75, 3.05) is 26.2 Å². The average Bonchev–Trinajstić information content (AvgIpc) is 2.18. The predicted octanol–water partition coefficient (Wildman–Crippen LogP) is 0.584. The summed E-state index contributed by atoms with van der Waals surface area (Å²) >= 11 is 0. The molecule has 2 aliphatic heterocycles. The van der Waals surface area contributed by atoms with Crippen LogP contribution in [0.2, 0.25) is 0 Å². The van der Waals surface area contributed by atoms with Crippen LogP contribution in [0.3, 0.4) is 0 Å². The number of fused-ring (bicyclic) bond motifs is 1. The van der Waals surface area contributed by atoms with Crippen LogP contribution in [-0.2, 0) is 0 Å². The number of nitrogens with one attached hydrogen (secondary N) is 1. The molecule has 0 bridgehead atoms. The highest BCUT2D eigenvalue weighted by Crippen LogP contribution is 2.24. The summed E-state index contributed by atoms with van der Waals surface area (Å²) in [5.74, 6) is 0.638. The lowest BCUT2D eigenvalue weighted by Gasteiger charge is -2.42. The third-order valence-electron chi connectivity index (χ3n) is 3.25. The molecule has 1 N–H and O–H groups in total. The minimum atomic E-state index is 0.638. The molecule has 0 radical (unpaired) electrons. The molecule has 2 unspecified atom stereocenters. The van der Waals surface area contributed by atoms with Gasteiger partial charge in [0.25, 0.3) is 0 Å². The topological polar surface area (TPSA) is 39.1 Å². The Balaban J connectivity index is 1.88. The second-order valence-corrected chi connectivity index (χ2v) is 4.16. The molecular formula is C10H17N3. The number of hydrogen-bond donors (Lipinski definition) is 1. The number of rotatable bonds is 1. The van der Waals surface area contributed by atoms with E-state index >= 15 is 0 Å². The second-order valence-electron chi connectivity index (χ2n) is 4.16. The normalized spacial score (nSPS) is 35.0. The lowest BCUT2D eigenvalue weighted by atomic mass is 9.90. The molecule has 72 valence electrons. The highest BCUT2D eigenvalue weighted by Gasteiger charge is 2.29. The summed E-state index contributed by atoms with van der Waals surface area (Å²) in [5.41, 5.74) is 0. The molecule has 0 aromatic rings. The molecule has 0 saturated carbocycles. The summed E-state index contributed by atoms with van der Waals surface area (Å²) in [6, 6.07) is 3.04. The summed E-state index contributed by atoms with van der Waals surface area (Å²) < 4.78 is 0. The number of hydrogen-bond acceptors (Lipinski definition) is 3. The first-order chi connectivity index (χ1) is 6.40. The van der Waals surface area contributed by atoms with Crippen LogP contribution in [-0.4, -0.2) is 37.1 Å². The third-order valence-corrected chi connectivity index (χ3v) is 3.25. The van der Waals surface area contributed by atoms with Gasteiger partial charge in [-0.1, -0.05) is 0 Å². The molecule has 0 aromatic carbocycles. The minimum Gasteiger partial charge on any atom is -0.314 e. The molecule has 2 rings (SSSR count). The fraction of sp³-hybridized carbons (Fsp3) is 0.900. The van der Waals surface area contributed by atoms with E-state index in [9.17, 15) is 0 Å². The van der Waals surface area contributed by atoms with Gasteiger partial charge in [-0.2, -0.15) is 5.26 Å². The van der Waals surface area contributed by atoms with Crippen molar-refractivity contribution in [2.24, 2.45) is 5.92 Å². The van der Waals surface area contributed by atoms with Crippen molar-refractivity contribution < 1.29 is 0 Å². The molecule has 3 heteroatoms. The van der Waals surface area contributed by atoms with E-state index in [0.717, 1.165) is 32.1 Å². The van der Waals surface area contributed by atoms with Crippen molar-refractivity contribution in [1.82, 2.24) is 10.2 Å². The third kappa shape index (κ3) is 2.01. The van der Waals surface area contributed by atoms with Crippen LogP contribution in [0.15, 0.2) is 0 Å². The Morgan fingerprint density at radius 1 is 1.46 bits per heavy atom. The Morgan fingerprint density at radius 3 is 3.23 bits per heavy atom. The number of piperidine rings is 1. The average molecular weight is 179 g/mol. The molecular weight excluding hydrogens is 162 g/mol. The first kappa shape index (κ1) is 8.98. The Morgan fingerprint density at radius 2 is 2.38 bits per heavy atom. The van der Waals surface area contributed by atoms with E-state index in [4.69, 9.17) is 5.26 Å². The summed E-state index contributed by atoms with van der Waals surface area (Å²) in [6.45, 7) is 4.60. The summed E-state index contributed by atoms with van der Waals surface area (Å²) in [5, 5.41) is 12.1. The fourth-order valence-corrected chi connectivity index (χ4v) is 2.47. The van der Waals surface area contributed by atoms with Crippen LogP contribution in [0.1, 0.15) is 19.3 Å². The van der Waals surface area contributed by atoms with Gasteiger partial charge in [-0.3, -0.25) is 4.90 Å². The maximum atomic E-state index is 8.63. The van der Waals surface area contributed by atoms with Gasteiger partial charge in [-0.15, -0.1) is 0 Å². The van der Waals surface area contributed by atoms with E-state index in [2.05, 4.69) is 16.3 Å². The van der Waals surface area contributed by atoms with Crippen molar-refractivity contribution in [3.63, 3.8) is 0 Å². The van der Waals surface area contributed by atoms with E-state index in [1.807, 2.05) is 0 Å². The zero-order chi connectivity index (χ0) is 9.10. The number of nitriles is 1. The van der Waals surface area contributed by atoms with Crippen LogP contribution in [0.25, 0.3) is 0 Å². The lowest BCUT2D eigenvalue weighted by molar-refractivity contribution is 0.0869. The van der Waals surface area contributed by atoms with Gasteiger partial charge < -0.3 is 5.32 Å². The van der Waals surface area contributed by atoms with Crippen molar-refractivity contribution >= 4 is 0 Å². The molecule has 0 aliphatic carbocycles. The summed E-state index contributed by atoms with van der Waals surface area (Å²) in [7, 11) is 0. The van der Waals surface area contributed by atoms with Gasteiger partial charge in [0.2, 0.25) is 0 Å². The first-order valence-electron chi connectivity index (χ1n) is 5.22. The predicted molar refractivity (Wildman–Crippen MR) is 51.2 cm³/mol. The minimum absolute atomic E-state index is 0.638. The highest BCUT2D eigenvalue weighted by molar-refractivity contribution is 4.89. The van der Waals surface area contributed by atoms with Crippen molar-refractivity contribution in [2.45, 2.75) is 25.3 Å². The van der Waals surface area contributed by atoms with Crippen LogP contribution in [0, 0.1) is 17.2 Å². The lowest BCUT2D eigenvalue weighted by Crippen LogP contribution is -2.54. The second kappa shape index (κ2) is 4.08. The van der Waals surface area contributed by atoms with Gasteiger partial charge in [0, 0.05) is 38.6 Å². The molecule has 2 saturated heterocycles. The largest absolute Gasteiger partial charge is 0.314 e. The van der Waals surface area contributed by atoms with E-state index in [0.29, 0.717) is 5.92 Å². The molecule has 0 amide bonds. The van der Waals surface area contributed by atoms with Crippen LogP contribution < -0.4 is 5.32 Å². The van der Waals surface area contributed by atoms with Gasteiger partial charge in [0.1, 0.15) is 0 Å². The molecule has 0 aromatic heterocycles.